The van der Waals surface area contributed by atoms with Gasteiger partial charge in [0.1, 0.15) is 0 Å². The number of hydrogen-bond acceptors (Lipinski definition) is 6. The maximum atomic E-state index is 10.7. The first-order valence-corrected chi connectivity index (χ1v) is 6.24. The molecule has 1 aromatic rings. The fourth-order valence-corrected chi connectivity index (χ4v) is 1.39. The van der Waals surface area contributed by atoms with E-state index < -0.39 is 4.92 Å². The highest BCUT2D eigenvalue weighted by Gasteiger charge is 2.14. The van der Waals surface area contributed by atoms with Crippen molar-refractivity contribution in [2.75, 3.05) is 32.7 Å². The molecule has 7 nitrogen and oxygen atoms in total. The van der Waals surface area contributed by atoms with Crippen LogP contribution in [0.3, 0.4) is 0 Å². The van der Waals surface area contributed by atoms with Gasteiger partial charge in [-0.15, -0.1) is 0 Å². The fourth-order valence-electron chi connectivity index (χ4n) is 1.39. The van der Waals surface area contributed by atoms with Crippen LogP contribution in [0.4, 0.5) is 11.4 Å². The predicted molar refractivity (Wildman–Crippen MR) is 78.6 cm³/mol. The number of nitrogens with one attached hydrogen (secondary N) is 2. The number of anilines is 1. The second kappa shape index (κ2) is 9.74. The highest BCUT2D eigenvalue weighted by atomic mass is 16.6. The van der Waals surface area contributed by atoms with Gasteiger partial charge >= 0.3 is 0 Å². The molecule has 0 saturated heterocycles. The van der Waals surface area contributed by atoms with Crippen LogP contribution in [0.1, 0.15) is 19.4 Å². The minimum absolute atomic E-state index is 0.0795. The molecule has 0 aliphatic rings. The summed E-state index contributed by atoms with van der Waals surface area (Å²) < 4.78 is 9.70. The number of methoxy groups -OCH3 is 2. The molecule has 1 rings (SSSR count). The Kier molecular flexibility index (Phi) is 8.69. The highest BCUT2D eigenvalue weighted by Crippen LogP contribution is 2.22. The van der Waals surface area contributed by atoms with E-state index >= 15 is 0 Å². The lowest BCUT2D eigenvalue weighted by Crippen LogP contribution is -2.12. The van der Waals surface area contributed by atoms with Crippen LogP contribution < -0.4 is 5.32 Å². The largest absolute Gasteiger partial charge is 0.481 e. The third-order valence-electron chi connectivity index (χ3n) is 2.28. The Bertz CT molecular complexity index is 449. The number of nitro benzene ring substituents is 1. The Morgan fingerprint density at radius 2 is 2.05 bits per heavy atom. The van der Waals surface area contributed by atoms with Gasteiger partial charge in [-0.05, 0) is 6.07 Å². The van der Waals surface area contributed by atoms with E-state index in [0.29, 0.717) is 24.4 Å². The smallest absolute Gasteiger partial charge is 0.270 e. The van der Waals surface area contributed by atoms with Gasteiger partial charge in [-0.3, -0.25) is 15.5 Å². The highest BCUT2D eigenvalue weighted by molar-refractivity contribution is 5.98. The molecule has 0 radical (unpaired) electrons. The maximum Gasteiger partial charge on any atom is 0.270 e. The zero-order valence-electron chi connectivity index (χ0n) is 12.2. The first kappa shape index (κ1) is 17.8. The molecule has 7 heteroatoms. The Balaban J connectivity index is 0.00000172. The lowest BCUT2D eigenvalue weighted by Gasteiger charge is -2.11. The molecule has 0 unspecified atom stereocenters. The number of hydrogen-bond donors (Lipinski definition) is 2. The van der Waals surface area contributed by atoms with Crippen molar-refractivity contribution in [1.29, 1.82) is 5.41 Å². The lowest BCUT2D eigenvalue weighted by molar-refractivity contribution is -0.384. The number of benzene rings is 1. The summed E-state index contributed by atoms with van der Waals surface area (Å²) in [5.74, 6) is -0.126. The van der Waals surface area contributed by atoms with Gasteiger partial charge in [-0.1, -0.05) is 13.8 Å². The van der Waals surface area contributed by atoms with Crippen LogP contribution in [-0.4, -0.2) is 38.2 Å². The van der Waals surface area contributed by atoms with Crippen molar-refractivity contribution < 1.29 is 14.4 Å². The number of nitro groups is 1. The average molecular weight is 283 g/mol. The second-order valence-electron chi connectivity index (χ2n) is 3.44. The van der Waals surface area contributed by atoms with Gasteiger partial charge in [0, 0.05) is 31.5 Å². The van der Waals surface area contributed by atoms with E-state index in [9.17, 15) is 10.1 Å². The summed E-state index contributed by atoms with van der Waals surface area (Å²) in [6.45, 7) is 5.04. The molecular weight excluding hydrogens is 262 g/mol. The Labute approximate surface area is 118 Å². The lowest BCUT2D eigenvalue weighted by atomic mass is 10.1. The molecule has 0 heterocycles. The van der Waals surface area contributed by atoms with Crippen LogP contribution >= 0.6 is 0 Å². The van der Waals surface area contributed by atoms with Crippen molar-refractivity contribution in [3.05, 3.63) is 33.9 Å². The molecule has 0 fully saturated rings. The molecule has 0 atom stereocenters. The van der Waals surface area contributed by atoms with E-state index in [-0.39, 0.29) is 11.6 Å². The summed E-state index contributed by atoms with van der Waals surface area (Å²) in [7, 11) is 2.93. The van der Waals surface area contributed by atoms with E-state index in [1.165, 1.54) is 19.2 Å². The van der Waals surface area contributed by atoms with Gasteiger partial charge in [-0.2, -0.15) is 0 Å². The standard InChI is InChI=1S/C11H15N3O4.C2H6/c1-17-6-5-13-10-4-3-8(14(15)16)7-9(10)11(12)18-2;1-2/h3-4,7,12-13H,5-6H2,1-2H3;1-2H3. The number of non-ortho nitro benzene ring substituents is 1. The monoisotopic (exact) mass is 283 g/mol. The molecule has 0 aromatic heterocycles. The fraction of sp³-hybridized carbons (Fsp3) is 0.462. The van der Waals surface area contributed by atoms with E-state index in [1.807, 2.05) is 13.8 Å². The Morgan fingerprint density at radius 3 is 2.55 bits per heavy atom. The molecule has 0 aliphatic carbocycles. The van der Waals surface area contributed by atoms with E-state index in [1.54, 1.807) is 13.2 Å². The quantitative estimate of drug-likeness (QED) is 0.275. The molecule has 20 heavy (non-hydrogen) atoms. The van der Waals surface area contributed by atoms with Crippen LogP contribution in [0.2, 0.25) is 0 Å². The van der Waals surface area contributed by atoms with Crippen molar-refractivity contribution in [3.63, 3.8) is 0 Å². The summed E-state index contributed by atoms with van der Waals surface area (Å²) in [6, 6.07) is 4.24. The molecule has 0 aliphatic heterocycles. The van der Waals surface area contributed by atoms with Crippen LogP contribution in [-0.2, 0) is 9.47 Å². The normalized spacial score (nSPS) is 9.20. The molecule has 0 bridgehead atoms. The summed E-state index contributed by atoms with van der Waals surface area (Å²) in [6.07, 6.45) is 0. The molecule has 2 N–H and O–H groups in total. The second-order valence-corrected chi connectivity index (χ2v) is 3.44. The summed E-state index contributed by atoms with van der Waals surface area (Å²) in [5, 5.41) is 21.3. The Morgan fingerprint density at radius 1 is 1.40 bits per heavy atom. The van der Waals surface area contributed by atoms with Gasteiger partial charge in [0.05, 0.1) is 24.2 Å². The van der Waals surface area contributed by atoms with Gasteiger partial charge in [0.25, 0.3) is 5.69 Å². The topological polar surface area (TPSA) is 97.5 Å². The number of rotatable bonds is 6. The molecule has 112 valence electrons. The zero-order chi connectivity index (χ0) is 15.5. The van der Waals surface area contributed by atoms with E-state index in [0.717, 1.165) is 0 Å². The minimum atomic E-state index is -0.509. The molecular formula is C13H21N3O4. The summed E-state index contributed by atoms with van der Waals surface area (Å²) >= 11 is 0. The molecule has 0 amide bonds. The number of ether oxygens (including phenoxy) is 2. The summed E-state index contributed by atoms with van der Waals surface area (Å²) in [4.78, 5) is 10.2. The third kappa shape index (κ3) is 5.23. The van der Waals surface area contributed by atoms with Gasteiger partial charge in [-0.25, -0.2) is 0 Å². The van der Waals surface area contributed by atoms with Crippen LogP contribution in [0.5, 0.6) is 0 Å². The van der Waals surface area contributed by atoms with Crippen molar-refractivity contribution in [2.45, 2.75) is 13.8 Å². The first-order valence-electron chi connectivity index (χ1n) is 6.24. The summed E-state index contributed by atoms with van der Waals surface area (Å²) in [5.41, 5.74) is 0.872. The van der Waals surface area contributed by atoms with E-state index in [2.05, 4.69) is 5.32 Å². The Hall–Kier alpha value is -2.15. The van der Waals surface area contributed by atoms with Crippen LogP contribution in [0, 0.1) is 15.5 Å². The number of nitrogens with zero attached hydrogens (tertiary/aromatic N) is 1. The van der Waals surface area contributed by atoms with Gasteiger partial charge in [0.15, 0.2) is 0 Å². The van der Waals surface area contributed by atoms with Crippen molar-refractivity contribution in [3.8, 4) is 0 Å². The maximum absolute atomic E-state index is 10.7. The molecule has 0 spiro atoms. The third-order valence-corrected chi connectivity index (χ3v) is 2.28. The van der Waals surface area contributed by atoms with Gasteiger partial charge < -0.3 is 14.8 Å². The van der Waals surface area contributed by atoms with Gasteiger partial charge in [0.2, 0.25) is 5.90 Å². The van der Waals surface area contributed by atoms with Crippen molar-refractivity contribution >= 4 is 17.3 Å². The average Bonchev–Trinajstić information content (AvgIpc) is 2.48. The van der Waals surface area contributed by atoms with Crippen molar-refractivity contribution in [2.24, 2.45) is 0 Å². The molecule has 0 saturated carbocycles. The molecule has 1 aromatic carbocycles. The predicted octanol–water partition coefficient (Wildman–Crippen LogP) is 2.65. The van der Waals surface area contributed by atoms with Crippen molar-refractivity contribution in [1.82, 2.24) is 0 Å². The first-order chi connectivity index (χ1) is 9.60. The van der Waals surface area contributed by atoms with E-state index in [4.69, 9.17) is 14.9 Å². The van der Waals surface area contributed by atoms with Crippen LogP contribution in [0.15, 0.2) is 18.2 Å². The minimum Gasteiger partial charge on any atom is -0.481 e. The SMILES string of the molecule is CC.COCCNc1ccc([N+](=O)[O-])cc1C(=N)OC. The van der Waals surface area contributed by atoms with Crippen LogP contribution in [0.25, 0.3) is 0 Å². The zero-order valence-corrected chi connectivity index (χ0v) is 12.2.